The average Bonchev–Trinajstić information content (AvgIpc) is 2.98. The molecule has 4 aliphatic carbocycles. The van der Waals surface area contributed by atoms with Gasteiger partial charge in [0.05, 0.1) is 11.7 Å². The van der Waals surface area contributed by atoms with Crippen LogP contribution in [0, 0.1) is 40.4 Å². The highest BCUT2D eigenvalue weighted by molar-refractivity contribution is 5.25. The quantitative estimate of drug-likeness (QED) is 0.515. The molecule has 0 radical (unpaired) electrons. The van der Waals surface area contributed by atoms with Crippen molar-refractivity contribution in [2.75, 3.05) is 0 Å². The number of hydrogen-bond acceptors (Lipinski definition) is 2. The van der Waals surface area contributed by atoms with Gasteiger partial charge < -0.3 is 10.2 Å². The zero-order valence-electron chi connectivity index (χ0n) is 19.7. The molecular weight excluding hydrogens is 356 g/mol. The molecule has 2 heteroatoms. The Morgan fingerprint density at radius 2 is 1.86 bits per heavy atom. The van der Waals surface area contributed by atoms with Crippen LogP contribution in [0.5, 0.6) is 0 Å². The summed E-state index contributed by atoms with van der Waals surface area (Å²) in [6.07, 6.45) is 15.9. The Bertz CT molecular complexity index is 631. The molecule has 0 aliphatic heterocycles. The highest BCUT2D eigenvalue weighted by atomic mass is 16.3. The monoisotopic (exact) mass is 402 g/mol. The van der Waals surface area contributed by atoms with Crippen LogP contribution in [-0.4, -0.2) is 21.9 Å². The molecule has 29 heavy (non-hydrogen) atoms. The molecule has 8 atom stereocenters. The van der Waals surface area contributed by atoms with Crippen LogP contribution in [-0.2, 0) is 0 Å². The Hall–Kier alpha value is -0.340. The summed E-state index contributed by atoms with van der Waals surface area (Å²) in [7, 11) is 0. The summed E-state index contributed by atoms with van der Waals surface area (Å²) >= 11 is 0. The lowest BCUT2D eigenvalue weighted by Crippen LogP contribution is -2.50. The van der Waals surface area contributed by atoms with E-state index in [2.05, 4.69) is 26.8 Å². The first-order valence-electron chi connectivity index (χ1n) is 12.6. The van der Waals surface area contributed by atoms with Crippen LogP contribution in [0.25, 0.3) is 0 Å². The number of aliphatic hydroxyl groups excluding tert-OH is 1. The van der Waals surface area contributed by atoms with Crippen molar-refractivity contribution in [1.82, 2.24) is 0 Å². The Morgan fingerprint density at radius 1 is 1.10 bits per heavy atom. The summed E-state index contributed by atoms with van der Waals surface area (Å²) in [4.78, 5) is 0. The van der Waals surface area contributed by atoms with E-state index in [1.165, 1.54) is 44.9 Å². The predicted octanol–water partition coefficient (Wildman–Crippen LogP) is 6.50. The fraction of sp³-hybridized carbons (Fsp3) is 0.926. The molecule has 4 aliphatic rings. The summed E-state index contributed by atoms with van der Waals surface area (Å²) in [6.45, 7) is 11.6. The second kappa shape index (κ2) is 7.66. The second-order valence-electron chi connectivity index (χ2n) is 12.6. The van der Waals surface area contributed by atoms with E-state index in [9.17, 15) is 10.2 Å². The van der Waals surface area contributed by atoms with E-state index in [1.54, 1.807) is 5.57 Å². The van der Waals surface area contributed by atoms with Crippen LogP contribution in [0.15, 0.2) is 11.6 Å². The van der Waals surface area contributed by atoms with Gasteiger partial charge in [-0.15, -0.1) is 0 Å². The summed E-state index contributed by atoms with van der Waals surface area (Å²) in [5.41, 5.74) is 1.95. The highest BCUT2D eigenvalue weighted by Crippen LogP contribution is 2.67. The maximum absolute atomic E-state index is 10.2. The largest absolute Gasteiger partial charge is 0.393 e. The fourth-order valence-electron chi connectivity index (χ4n) is 8.67. The van der Waals surface area contributed by atoms with Crippen molar-refractivity contribution in [2.24, 2.45) is 40.4 Å². The van der Waals surface area contributed by atoms with E-state index in [4.69, 9.17) is 0 Å². The molecule has 0 bridgehead atoms. The van der Waals surface area contributed by atoms with Crippen molar-refractivity contribution >= 4 is 0 Å². The standard InChI is InChI=1S/C27H46O2/c1-18(7-6-14-25(2,3)29)22-10-11-23-21-9-8-19-17-20(28)12-15-26(19,4)24(21)13-16-27(22,23)5/h8,18,20-24,28-29H,6-7,9-17H2,1-5H3/t18-,20+,21?,22?,23?,24?,26+,27-/m1/s1. The Kier molecular flexibility index (Phi) is 5.78. The Labute approximate surface area is 179 Å². The molecule has 3 saturated carbocycles. The van der Waals surface area contributed by atoms with E-state index in [1.807, 2.05) is 13.8 Å². The summed E-state index contributed by atoms with van der Waals surface area (Å²) in [5.74, 6) is 4.24. The van der Waals surface area contributed by atoms with Gasteiger partial charge in [-0.3, -0.25) is 0 Å². The number of allylic oxidation sites excluding steroid dienone is 1. The molecule has 4 unspecified atom stereocenters. The van der Waals surface area contributed by atoms with E-state index in [-0.39, 0.29) is 6.10 Å². The van der Waals surface area contributed by atoms with Crippen LogP contribution in [0.3, 0.4) is 0 Å². The van der Waals surface area contributed by atoms with Crippen molar-refractivity contribution in [3.05, 3.63) is 11.6 Å². The van der Waals surface area contributed by atoms with E-state index < -0.39 is 5.60 Å². The van der Waals surface area contributed by atoms with E-state index >= 15 is 0 Å². The molecule has 0 aromatic heterocycles. The molecule has 4 rings (SSSR count). The Morgan fingerprint density at radius 3 is 2.59 bits per heavy atom. The molecule has 166 valence electrons. The van der Waals surface area contributed by atoms with Gasteiger partial charge in [-0.25, -0.2) is 0 Å². The number of aliphatic hydroxyl groups is 2. The van der Waals surface area contributed by atoms with Gasteiger partial charge in [-0.1, -0.05) is 45.3 Å². The zero-order chi connectivity index (χ0) is 21.0. The van der Waals surface area contributed by atoms with Crippen LogP contribution < -0.4 is 0 Å². The smallest absolute Gasteiger partial charge is 0.0591 e. The maximum atomic E-state index is 10.2. The van der Waals surface area contributed by atoms with Crippen molar-refractivity contribution < 1.29 is 10.2 Å². The topological polar surface area (TPSA) is 40.5 Å². The van der Waals surface area contributed by atoms with Crippen molar-refractivity contribution in [3.8, 4) is 0 Å². The van der Waals surface area contributed by atoms with Crippen molar-refractivity contribution in [1.29, 1.82) is 0 Å². The summed E-state index contributed by atoms with van der Waals surface area (Å²) in [6, 6.07) is 0. The van der Waals surface area contributed by atoms with Crippen molar-refractivity contribution in [2.45, 2.75) is 117 Å². The number of fused-ring (bicyclic) bond motifs is 5. The zero-order valence-corrected chi connectivity index (χ0v) is 19.7. The third-order valence-electron chi connectivity index (χ3n) is 10.3. The molecular formula is C27H46O2. The van der Waals surface area contributed by atoms with Gasteiger partial charge in [0.1, 0.15) is 0 Å². The first kappa shape index (κ1) is 21.9. The molecule has 0 amide bonds. The summed E-state index contributed by atoms with van der Waals surface area (Å²) in [5, 5.41) is 20.3. The van der Waals surface area contributed by atoms with Gasteiger partial charge in [0.2, 0.25) is 0 Å². The van der Waals surface area contributed by atoms with Gasteiger partial charge >= 0.3 is 0 Å². The van der Waals surface area contributed by atoms with Gasteiger partial charge in [0.25, 0.3) is 0 Å². The third-order valence-corrected chi connectivity index (χ3v) is 10.3. The SMILES string of the molecule is C[C@H](CCCC(C)(C)O)C1CCC2C3CC=C4C[C@@H](O)CC[C@]4(C)C3CC[C@@]21C. The molecule has 0 saturated heterocycles. The van der Waals surface area contributed by atoms with Crippen LogP contribution in [0.1, 0.15) is 105 Å². The van der Waals surface area contributed by atoms with Crippen LogP contribution >= 0.6 is 0 Å². The minimum Gasteiger partial charge on any atom is -0.393 e. The third kappa shape index (κ3) is 3.86. The molecule has 0 aromatic carbocycles. The van der Waals surface area contributed by atoms with E-state index in [0.717, 1.165) is 55.3 Å². The maximum Gasteiger partial charge on any atom is 0.0591 e. The number of hydrogen-bond donors (Lipinski definition) is 2. The summed E-state index contributed by atoms with van der Waals surface area (Å²) < 4.78 is 0. The molecule has 0 heterocycles. The molecule has 3 fully saturated rings. The first-order valence-corrected chi connectivity index (χ1v) is 12.6. The van der Waals surface area contributed by atoms with Gasteiger partial charge in [0, 0.05) is 0 Å². The Balaban J connectivity index is 1.47. The second-order valence-corrected chi connectivity index (χ2v) is 12.6. The fourth-order valence-corrected chi connectivity index (χ4v) is 8.67. The lowest BCUT2D eigenvalue weighted by atomic mass is 9.47. The predicted molar refractivity (Wildman–Crippen MR) is 121 cm³/mol. The van der Waals surface area contributed by atoms with Crippen molar-refractivity contribution in [3.63, 3.8) is 0 Å². The first-order chi connectivity index (χ1) is 13.5. The minimum atomic E-state index is -0.519. The molecule has 0 aromatic rings. The van der Waals surface area contributed by atoms with Gasteiger partial charge in [0.15, 0.2) is 0 Å². The van der Waals surface area contributed by atoms with Gasteiger partial charge in [-0.2, -0.15) is 0 Å². The molecule has 2 nitrogen and oxygen atoms in total. The normalized spacial score (nSPS) is 45.8. The molecule has 0 spiro atoms. The highest BCUT2D eigenvalue weighted by Gasteiger charge is 2.59. The minimum absolute atomic E-state index is 0.0969. The van der Waals surface area contributed by atoms with Crippen LogP contribution in [0.2, 0.25) is 0 Å². The van der Waals surface area contributed by atoms with Gasteiger partial charge in [-0.05, 0) is 112 Å². The number of rotatable bonds is 5. The lowest BCUT2D eigenvalue weighted by Gasteiger charge is -2.58. The average molecular weight is 403 g/mol. The van der Waals surface area contributed by atoms with Crippen LogP contribution in [0.4, 0.5) is 0 Å². The molecule has 2 N–H and O–H groups in total. The van der Waals surface area contributed by atoms with E-state index in [0.29, 0.717) is 10.8 Å². The lowest BCUT2D eigenvalue weighted by molar-refractivity contribution is -0.0575.